The van der Waals surface area contributed by atoms with Gasteiger partial charge in [-0.05, 0) is 36.5 Å². The first-order valence-corrected chi connectivity index (χ1v) is 9.62. The second kappa shape index (κ2) is 7.22. The Morgan fingerprint density at radius 3 is 2.88 bits per heavy atom. The van der Waals surface area contributed by atoms with Crippen molar-refractivity contribution in [2.24, 2.45) is 5.92 Å². The smallest absolute Gasteiger partial charge is 0.228 e. The van der Waals surface area contributed by atoms with Gasteiger partial charge in [0.25, 0.3) is 0 Å². The minimum Gasteiger partial charge on any atom is -0.374 e. The predicted octanol–water partition coefficient (Wildman–Crippen LogP) is 3.05. The van der Waals surface area contributed by atoms with E-state index in [1.165, 1.54) is 25.0 Å². The van der Waals surface area contributed by atoms with Crippen molar-refractivity contribution in [3.8, 4) is 0 Å². The van der Waals surface area contributed by atoms with Crippen LogP contribution in [-0.2, 0) is 22.4 Å². The van der Waals surface area contributed by atoms with Gasteiger partial charge in [0.05, 0.1) is 29.8 Å². The van der Waals surface area contributed by atoms with Gasteiger partial charge in [-0.3, -0.25) is 4.79 Å². The topological polar surface area (TPSA) is 42.4 Å². The number of carbonyl (C=O) groups is 1. The number of amides is 1. The van der Waals surface area contributed by atoms with E-state index in [9.17, 15) is 9.18 Å². The first-order chi connectivity index (χ1) is 12.2. The molecule has 2 fully saturated rings. The van der Waals surface area contributed by atoms with E-state index in [1.54, 1.807) is 23.5 Å². The highest BCUT2D eigenvalue weighted by molar-refractivity contribution is 7.09. The van der Waals surface area contributed by atoms with Crippen LogP contribution < -0.4 is 0 Å². The number of ether oxygens (including phenoxy) is 1. The zero-order chi connectivity index (χ0) is 17.2. The minimum absolute atomic E-state index is 0.132. The second-order valence-corrected chi connectivity index (χ2v) is 7.74. The van der Waals surface area contributed by atoms with E-state index in [0.717, 1.165) is 22.8 Å². The Balaban J connectivity index is 1.34. The van der Waals surface area contributed by atoms with Gasteiger partial charge in [0.1, 0.15) is 5.82 Å². The first kappa shape index (κ1) is 16.7. The lowest BCUT2D eigenvalue weighted by Crippen LogP contribution is -2.47. The molecule has 2 aromatic rings. The van der Waals surface area contributed by atoms with Crippen molar-refractivity contribution < 1.29 is 13.9 Å². The van der Waals surface area contributed by atoms with E-state index >= 15 is 0 Å². The Morgan fingerprint density at radius 1 is 1.32 bits per heavy atom. The molecule has 0 N–H and O–H groups in total. The number of nitrogens with zero attached hydrogens (tertiary/aromatic N) is 2. The fourth-order valence-electron chi connectivity index (χ4n) is 3.21. The number of halogens is 1. The highest BCUT2D eigenvalue weighted by Crippen LogP contribution is 2.35. The maximum Gasteiger partial charge on any atom is 0.228 e. The van der Waals surface area contributed by atoms with Gasteiger partial charge < -0.3 is 9.64 Å². The number of benzene rings is 1. The van der Waals surface area contributed by atoms with E-state index in [0.29, 0.717) is 31.9 Å². The molecule has 2 aliphatic rings. The van der Waals surface area contributed by atoms with Gasteiger partial charge in [0.15, 0.2) is 0 Å². The average Bonchev–Trinajstić information content (AvgIpc) is 3.39. The highest BCUT2D eigenvalue weighted by Gasteiger charge is 2.36. The van der Waals surface area contributed by atoms with Crippen molar-refractivity contribution in [1.29, 1.82) is 0 Å². The molecule has 1 atom stereocenters. The van der Waals surface area contributed by atoms with E-state index in [2.05, 4.69) is 4.98 Å². The Kier molecular flexibility index (Phi) is 4.81. The molecule has 1 aromatic carbocycles. The summed E-state index contributed by atoms with van der Waals surface area (Å²) in [5, 5.41) is 2.91. The fourth-order valence-corrected chi connectivity index (χ4v) is 4.04. The second-order valence-electron chi connectivity index (χ2n) is 6.80. The molecular weight excluding hydrogens is 339 g/mol. The summed E-state index contributed by atoms with van der Waals surface area (Å²) in [6.07, 6.45) is 3.69. The van der Waals surface area contributed by atoms with E-state index in [-0.39, 0.29) is 17.8 Å². The number of morpholine rings is 1. The van der Waals surface area contributed by atoms with Crippen LogP contribution in [-0.4, -0.2) is 41.6 Å². The van der Waals surface area contributed by atoms with Crippen molar-refractivity contribution in [1.82, 2.24) is 9.88 Å². The Labute approximate surface area is 150 Å². The lowest BCUT2D eigenvalue weighted by atomic mass is 10.1. The summed E-state index contributed by atoms with van der Waals surface area (Å²) in [7, 11) is 0. The maximum atomic E-state index is 13.0. The molecule has 1 aliphatic carbocycles. The summed E-state index contributed by atoms with van der Waals surface area (Å²) in [6, 6.07) is 6.46. The third-order valence-electron chi connectivity index (χ3n) is 4.79. The largest absolute Gasteiger partial charge is 0.374 e. The minimum atomic E-state index is -0.232. The van der Waals surface area contributed by atoms with Crippen LogP contribution in [0.5, 0.6) is 0 Å². The molecule has 4 nitrogen and oxygen atoms in total. The molecule has 6 heteroatoms. The maximum absolute atomic E-state index is 13.0. The standard InChI is InChI=1S/C19H21FN2O2S/c20-15-5-1-13(2-6-15)9-18-21-16(12-25-18)10-19(23)22-7-8-24-17(11-22)14-3-4-14/h1-2,5-6,12,14,17H,3-4,7-11H2. The molecular formula is C19H21FN2O2S. The van der Waals surface area contributed by atoms with E-state index < -0.39 is 0 Å². The van der Waals surface area contributed by atoms with Crippen molar-refractivity contribution in [2.45, 2.75) is 31.8 Å². The van der Waals surface area contributed by atoms with Crippen LogP contribution in [0.1, 0.15) is 29.1 Å². The van der Waals surface area contributed by atoms with Gasteiger partial charge in [0.2, 0.25) is 5.91 Å². The molecule has 132 valence electrons. The van der Waals surface area contributed by atoms with Crippen LogP contribution in [0.2, 0.25) is 0 Å². The number of aromatic nitrogens is 1. The molecule has 0 radical (unpaired) electrons. The van der Waals surface area contributed by atoms with Gasteiger partial charge in [-0.25, -0.2) is 9.37 Å². The molecule has 1 saturated heterocycles. The van der Waals surface area contributed by atoms with Crippen LogP contribution in [0.25, 0.3) is 0 Å². The molecule has 2 heterocycles. The molecule has 0 spiro atoms. The molecule has 4 rings (SSSR count). The predicted molar refractivity (Wildman–Crippen MR) is 94.1 cm³/mol. The summed E-state index contributed by atoms with van der Waals surface area (Å²) in [4.78, 5) is 19.1. The Morgan fingerprint density at radius 2 is 2.12 bits per heavy atom. The van der Waals surface area contributed by atoms with Gasteiger partial charge in [-0.15, -0.1) is 11.3 Å². The Hall–Kier alpha value is -1.79. The molecule has 1 amide bonds. The van der Waals surface area contributed by atoms with Crippen LogP contribution >= 0.6 is 11.3 Å². The summed E-state index contributed by atoms with van der Waals surface area (Å²) in [5.74, 6) is 0.550. The number of carbonyl (C=O) groups excluding carboxylic acids is 1. The summed E-state index contributed by atoms with van der Waals surface area (Å²) in [5.41, 5.74) is 1.84. The summed E-state index contributed by atoms with van der Waals surface area (Å²) >= 11 is 1.55. The number of rotatable bonds is 5. The summed E-state index contributed by atoms with van der Waals surface area (Å²) < 4.78 is 18.7. The normalized spacial score (nSPS) is 20.7. The zero-order valence-corrected chi connectivity index (χ0v) is 14.8. The quantitative estimate of drug-likeness (QED) is 0.823. The third kappa shape index (κ3) is 4.25. The van der Waals surface area contributed by atoms with Crippen molar-refractivity contribution in [3.05, 3.63) is 51.7 Å². The lowest BCUT2D eigenvalue weighted by Gasteiger charge is -2.33. The number of thiazole rings is 1. The van der Waals surface area contributed by atoms with Gasteiger partial charge in [0, 0.05) is 24.9 Å². The molecule has 1 saturated carbocycles. The third-order valence-corrected chi connectivity index (χ3v) is 5.69. The van der Waals surface area contributed by atoms with Crippen LogP contribution in [0.15, 0.2) is 29.6 Å². The molecule has 1 aromatic heterocycles. The average molecular weight is 360 g/mol. The van der Waals surface area contributed by atoms with Crippen LogP contribution in [0, 0.1) is 11.7 Å². The number of hydrogen-bond acceptors (Lipinski definition) is 4. The van der Waals surface area contributed by atoms with E-state index in [1.807, 2.05) is 10.3 Å². The van der Waals surface area contributed by atoms with Gasteiger partial charge >= 0.3 is 0 Å². The summed E-state index contributed by atoms with van der Waals surface area (Å²) in [6.45, 7) is 2.03. The molecule has 0 bridgehead atoms. The fraction of sp³-hybridized carbons (Fsp3) is 0.474. The first-order valence-electron chi connectivity index (χ1n) is 8.74. The van der Waals surface area contributed by atoms with Crippen LogP contribution in [0.3, 0.4) is 0 Å². The van der Waals surface area contributed by atoms with Crippen molar-refractivity contribution in [2.75, 3.05) is 19.7 Å². The van der Waals surface area contributed by atoms with Gasteiger partial charge in [-0.1, -0.05) is 12.1 Å². The van der Waals surface area contributed by atoms with Crippen molar-refractivity contribution >= 4 is 17.2 Å². The number of hydrogen-bond donors (Lipinski definition) is 0. The van der Waals surface area contributed by atoms with E-state index in [4.69, 9.17) is 4.74 Å². The SMILES string of the molecule is O=C(Cc1csc(Cc2ccc(F)cc2)n1)N1CCOC(C2CC2)C1. The highest BCUT2D eigenvalue weighted by atomic mass is 32.1. The zero-order valence-electron chi connectivity index (χ0n) is 14.0. The molecule has 1 unspecified atom stereocenters. The lowest BCUT2D eigenvalue weighted by molar-refractivity contribution is -0.138. The molecule has 1 aliphatic heterocycles. The monoisotopic (exact) mass is 360 g/mol. The Bertz CT molecular complexity index is 742. The van der Waals surface area contributed by atoms with Crippen molar-refractivity contribution in [3.63, 3.8) is 0 Å². The van der Waals surface area contributed by atoms with Crippen LogP contribution in [0.4, 0.5) is 4.39 Å². The molecule has 25 heavy (non-hydrogen) atoms. The van der Waals surface area contributed by atoms with Gasteiger partial charge in [-0.2, -0.15) is 0 Å².